The zero-order valence-electron chi connectivity index (χ0n) is 9.96. The van der Waals surface area contributed by atoms with Crippen LogP contribution in [-0.2, 0) is 4.79 Å². The normalized spacial score (nSPS) is 15.7. The van der Waals surface area contributed by atoms with Crippen molar-refractivity contribution in [3.63, 3.8) is 0 Å². The Balaban J connectivity index is 2.14. The van der Waals surface area contributed by atoms with E-state index in [0.717, 1.165) is 10.8 Å². The predicted molar refractivity (Wildman–Crippen MR) is 69.5 cm³/mol. The van der Waals surface area contributed by atoms with Crippen molar-refractivity contribution in [1.82, 2.24) is 15.5 Å². The highest BCUT2D eigenvalue weighted by Crippen LogP contribution is 2.29. The van der Waals surface area contributed by atoms with Crippen molar-refractivity contribution in [2.75, 3.05) is 17.2 Å². The van der Waals surface area contributed by atoms with Crippen molar-refractivity contribution in [1.29, 1.82) is 0 Å². The van der Waals surface area contributed by atoms with Crippen LogP contribution in [0.3, 0.4) is 0 Å². The molecule has 1 aliphatic heterocycles. The number of nitrogens with zero attached hydrogens (tertiary/aromatic N) is 3. The van der Waals surface area contributed by atoms with Gasteiger partial charge in [-0.05, 0) is 12.1 Å². The monoisotopic (exact) mass is 257 g/mol. The number of anilines is 2. The standard InChI is InChI=1S/C12H11N5O2/c13-8-3-7-5-14-15-6-9(7)10(4-8)17-2-1-11(18)16-12(17)19/h3-6H,1-2,13H2,(H,16,18,19). The van der Waals surface area contributed by atoms with Gasteiger partial charge in [0.1, 0.15) is 0 Å². The topological polar surface area (TPSA) is 101 Å². The molecule has 0 bridgehead atoms. The van der Waals surface area contributed by atoms with Gasteiger partial charge in [0.25, 0.3) is 0 Å². The molecule has 3 N–H and O–H groups in total. The van der Waals surface area contributed by atoms with Gasteiger partial charge in [-0.1, -0.05) is 0 Å². The summed E-state index contributed by atoms with van der Waals surface area (Å²) in [5, 5.41) is 11.5. The maximum atomic E-state index is 11.9. The summed E-state index contributed by atoms with van der Waals surface area (Å²) in [6.07, 6.45) is 3.43. The molecular weight excluding hydrogens is 246 g/mol. The number of hydrogen-bond donors (Lipinski definition) is 2. The van der Waals surface area contributed by atoms with Crippen LogP contribution in [0.25, 0.3) is 10.8 Å². The number of imide groups is 1. The number of amides is 3. The fourth-order valence-corrected chi connectivity index (χ4v) is 2.13. The smallest absolute Gasteiger partial charge is 0.328 e. The van der Waals surface area contributed by atoms with Crippen molar-refractivity contribution >= 4 is 34.1 Å². The molecule has 1 aromatic heterocycles. The molecule has 19 heavy (non-hydrogen) atoms. The van der Waals surface area contributed by atoms with E-state index in [1.165, 1.54) is 4.90 Å². The number of nitrogens with one attached hydrogen (secondary N) is 1. The second-order valence-corrected chi connectivity index (χ2v) is 4.29. The van der Waals surface area contributed by atoms with E-state index in [9.17, 15) is 9.59 Å². The molecule has 0 aliphatic carbocycles. The SMILES string of the molecule is Nc1cc(N2CCC(=O)NC2=O)c2cnncc2c1. The molecule has 2 aromatic rings. The van der Waals surface area contributed by atoms with Crippen LogP contribution in [0.5, 0.6) is 0 Å². The maximum absolute atomic E-state index is 11.9. The van der Waals surface area contributed by atoms with Crippen LogP contribution in [0.2, 0.25) is 0 Å². The number of rotatable bonds is 1. The Morgan fingerprint density at radius 1 is 1.21 bits per heavy atom. The van der Waals surface area contributed by atoms with Crippen LogP contribution in [-0.4, -0.2) is 28.7 Å². The molecule has 0 unspecified atom stereocenters. The van der Waals surface area contributed by atoms with Gasteiger partial charge in [0.05, 0.1) is 18.1 Å². The second-order valence-electron chi connectivity index (χ2n) is 4.29. The number of hydrogen-bond acceptors (Lipinski definition) is 5. The average Bonchev–Trinajstić information content (AvgIpc) is 2.38. The van der Waals surface area contributed by atoms with Gasteiger partial charge in [-0.25, -0.2) is 4.79 Å². The van der Waals surface area contributed by atoms with Crippen molar-refractivity contribution in [2.24, 2.45) is 0 Å². The van der Waals surface area contributed by atoms with Crippen LogP contribution in [0.1, 0.15) is 6.42 Å². The maximum Gasteiger partial charge on any atom is 0.328 e. The first-order valence-electron chi connectivity index (χ1n) is 5.76. The minimum absolute atomic E-state index is 0.264. The fraction of sp³-hybridized carbons (Fsp3) is 0.167. The molecule has 7 heteroatoms. The molecular formula is C12H11N5O2. The van der Waals surface area contributed by atoms with Gasteiger partial charge in [0.15, 0.2) is 0 Å². The van der Waals surface area contributed by atoms with E-state index in [1.807, 2.05) is 0 Å². The largest absolute Gasteiger partial charge is 0.399 e. The zero-order chi connectivity index (χ0) is 13.4. The highest BCUT2D eigenvalue weighted by Gasteiger charge is 2.25. The molecule has 1 fully saturated rings. The van der Waals surface area contributed by atoms with Crippen molar-refractivity contribution in [3.05, 3.63) is 24.5 Å². The van der Waals surface area contributed by atoms with Crippen molar-refractivity contribution in [3.8, 4) is 0 Å². The molecule has 1 aliphatic rings. The lowest BCUT2D eigenvalue weighted by Gasteiger charge is -2.27. The molecule has 2 heterocycles. The lowest BCUT2D eigenvalue weighted by atomic mass is 10.1. The van der Waals surface area contributed by atoms with Gasteiger partial charge < -0.3 is 5.73 Å². The zero-order valence-corrected chi connectivity index (χ0v) is 9.96. The molecule has 96 valence electrons. The lowest BCUT2D eigenvalue weighted by Crippen LogP contribution is -2.49. The minimum Gasteiger partial charge on any atom is -0.399 e. The number of aromatic nitrogens is 2. The Labute approximate surface area is 108 Å². The lowest BCUT2D eigenvalue weighted by molar-refractivity contribution is -0.120. The molecule has 1 saturated heterocycles. The van der Waals surface area contributed by atoms with E-state index < -0.39 is 6.03 Å². The van der Waals surface area contributed by atoms with Gasteiger partial charge in [0.2, 0.25) is 5.91 Å². The second kappa shape index (κ2) is 4.20. The summed E-state index contributed by atoms with van der Waals surface area (Å²) in [5.74, 6) is -0.269. The first-order chi connectivity index (χ1) is 9.15. The summed E-state index contributed by atoms with van der Waals surface area (Å²) in [6.45, 7) is 0.325. The van der Waals surface area contributed by atoms with E-state index in [4.69, 9.17) is 5.73 Å². The average molecular weight is 257 g/mol. The van der Waals surface area contributed by atoms with Crippen LogP contribution in [0.15, 0.2) is 24.5 Å². The predicted octanol–water partition coefficient (Wildman–Crippen LogP) is 0.658. The molecule has 3 amide bonds. The molecule has 0 saturated carbocycles. The first-order valence-corrected chi connectivity index (χ1v) is 5.76. The molecule has 0 atom stereocenters. The Morgan fingerprint density at radius 3 is 2.79 bits per heavy atom. The van der Waals surface area contributed by atoms with Crippen LogP contribution in [0.4, 0.5) is 16.2 Å². The summed E-state index contributed by atoms with van der Waals surface area (Å²) in [4.78, 5) is 24.5. The van der Waals surface area contributed by atoms with E-state index in [0.29, 0.717) is 17.9 Å². The third-order valence-electron chi connectivity index (χ3n) is 3.01. The highest BCUT2D eigenvalue weighted by atomic mass is 16.2. The van der Waals surface area contributed by atoms with Crippen molar-refractivity contribution < 1.29 is 9.59 Å². The van der Waals surface area contributed by atoms with Gasteiger partial charge in [-0.2, -0.15) is 10.2 Å². The van der Waals surface area contributed by atoms with Gasteiger partial charge >= 0.3 is 6.03 Å². The number of urea groups is 1. The van der Waals surface area contributed by atoms with Crippen LogP contribution >= 0.6 is 0 Å². The quantitative estimate of drug-likeness (QED) is 0.731. The van der Waals surface area contributed by atoms with Crippen LogP contribution in [0, 0.1) is 0 Å². The number of benzene rings is 1. The Bertz CT molecular complexity index is 685. The molecule has 1 aromatic carbocycles. The number of carbonyl (C=O) groups is 2. The van der Waals surface area contributed by atoms with Crippen LogP contribution < -0.4 is 16.0 Å². The van der Waals surface area contributed by atoms with Crippen molar-refractivity contribution in [2.45, 2.75) is 6.42 Å². The van der Waals surface area contributed by atoms with Gasteiger partial charge in [0, 0.05) is 29.4 Å². The Hall–Kier alpha value is -2.70. The number of nitrogens with two attached hydrogens (primary N) is 1. The molecule has 0 spiro atoms. The van der Waals surface area contributed by atoms with Gasteiger partial charge in [-0.15, -0.1) is 0 Å². The Morgan fingerprint density at radius 2 is 2.00 bits per heavy atom. The third kappa shape index (κ3) is 1.95. The molecule has 0 radical (unpaired) electrons. The minimum atomic E-state index is -0.444. The number of fused-ring (bicyclic) bond motifs is 1. The summed E-state index contributed by atoms with van der Waals surface area (Å²) in [7, 11) is 0. The summed E-state index contributed by atoms with van der Waals surface area (Å²) >= 11 is 0. The Kier molecular flexibility index (Phi) is 2.52. The first kappa shape index (κ1) is 11.4. The van der Waals surface area contributed by atoms with Gasteiger partial charge in [-0.3, -0.25) is 15.0 Å². The van der Waals surface area contributed by atoms with E-state index >= 15 is 0 Å². The number of nitrogen functional groups attached to an aromatic ring is 1. The highest BCUT2D eigenvalue weighted by molar-refractivity contribution is 6.10. The molecule has 7 nitrogen and oxygen atoms in total. The molecule has 3 rings (SSSR count). The fourth-order valence-electron chi connectivity index (χ4n) is 2.13. The van der Waals surface area contributed by atoms with E-state index in [-0.39, 0.29) is 12.3 Å². The van der Waals surface area contributed by atoms with E-state index in [2.05, 4.69) is 15.5 Å². The van der Waals surface area contributed by atoms with E-state index in [1.54, 1.807) is 24.5 Å². The number of carbonyl (C=O) groups excluding carboxylic acids is 2. The summed E-state index contributed by atoms with van der Waals surface area (Å²) in [5.41, 5.74) is 6.99. The third-order valence-corrected chi connectivity index (χ3v) is 3.01. The summed E-state index contributed by atoms with van der Waals surface area (Å²) < 4.78 is 0. The summed E-state index contributed by atoms with van der Waals surface area (Å²) in [6, 6.07) is 3.01.